The molecule has 3 heteroatoms. The molecule has 0 aromatic rings. The highest BCUT2D eigenvalue weighted by Crippen LogP contribution is 2.06. The third-order valence-corrected chi connectivity index (χ3v) is 2.95. The average Bonchev–Trinajstić information content (AvgIpc) is 2.32. The summed E-state index contributed by atoms with van der Waals surface area (Å²) in [7, 11) is 0. The monoisotopic (exact) mass is 243 g/mol. The zero-order valence-electron chi connectivity index (χ0n) is 11.9. The van der Waals surface area contributed by atoms with Gasteiger partial charge in [0.15, 0.2) is 0 Å². The molecule has 2 atom stereocenters. The van der Waals surface area contributed by atoms with Gasteiger partial charge < -0.3 is 10.1 Å². The maximum atomic E-state index is 11.4. The Bertz CT molecular complexity index is 195. The molecule has 0 bridgehead atoms. The van der Waals surface area contributed by atoms with E-state index in [-0.39, 0.29) is 11.9 Å². The minimum atomic E-state index is -0.0989. The van der Waals surface area contributed by atoms with Gasteiger partial charge in [0.25, 0.3) is 0 Å². The van der Waals surface area contributed by atoms with Gasteiger partial charge in [-0.25, -0.2) is 0 Å². The Morgan fingerprint density at radius 2 is 1.88 bits per heavy atom. The fraction of sp³-hybridized carbons (Fsp3) is 0.929. The summed E-state index contributed by atoms with van der Waals surface area (Å²) < 4.78 is 4.97. The van der Waals surface area contributed by atoms with Crippen molar-refractivity contribution in [2.75, 3.05) is 13.2 Å². The van der Waals surface area contributed by atoms with E-state index in [9.17, 15) is 4.79 Å². The first kappa shape index (κ1) is 16.4. The van der Waals surface area contributed by atoms with Crippen LogP contribution in [0.4, 0.5) is 0 Å². The van der Waals surface area contributed by atoms with Gasteiger partial charge in [-0.2, -0.15) is 0 Å². The van der Waals surface area contributed by atoms with Crippen LogP contribution in [-0.4, -0.2) is 25.2 Å². The third kappa shape index (κ3) is 9.16. The molecule has 0 aliphatic heterocycles. The van der Waals surface area contributed by atoms with E-state index in [0.717, 1.165) is 0 Å². The molecule has 0 saturated heterocycles. The molecule has 0 aliphatic rings. The van der Waals surface area contributed by atoms with Crippen molar-refractivity contribution in [3.05, 3.63) is 0 Å². The number of hydrogen-bond acceptors (Lipinski definition) is 3. The number of ether oxygens (including phenoxy) is 1. The lowest BCUT2D eigenvalue weighted by Gasteiger charge is -2.16. The van der Waals surface area contributed by atoms with Gasteiger partial charge in [0, 0.05) is 12.6 Å². The number of rotatable bonds is 10. The van der Waals surface area contributed by atoms with E-state index < -0.39 is 0 Å². The molecular formula is C14H29NO2. The molecule has 0 radical (unpaired) electrons. The largest absolute Gasteiger partial charge is 0.466 e. The van der Waals surface area contributed by atoms with Crippen LogP contribution in [0.5, 0.6) is 0 Å². The van der Waals surface area contributed by atoms with Crippen LogP contribution in [0.15, 0.2) is 0 Å². The number of carbonyl (C=O) groups is 1. The smallest absolute Gasteiger partial charge is 0.309 e. The molecule has 0 spiro atoms. The first-order valence-corrected chi connectivity index (χ1v) is 7.01. The Morgan fingerprint density at radius 3 is 2.47 bits per heavy atom. The summed E-state index contributed by atoms with van der Waals surface area (Å²) in [6.07, 6.45) is 6.38. The number of nitrogens with one attached hydrogen (secondary N) is 1. The number of esters is 1. The number of carbonyl (C=O) groups excluding carboxylic acids is 1. The molecule has 0 aromatic carbocycles. The van der Waals surface area contributed by atoms with E-state index >= 15 is 0 Å². The normalized spacial score (nSPS) is 14.4. The Morgan fingerprint density at radius 1 is 1.18 bits per heavy atom. The van der Waals surface area contributed by atoms with E-state index in [4.69, 9.17) is 4.74 Å². The average molecular weight is 243 g/mol. The highest BCUT2D eigenvalue weighted by Gasteiger charge is 2.14. The summed E-state index contributed by atoms with van der Waals surface area (Å²) >= 11 is 0. The van der Waals surface area contributed by atoms with E-state index in [1.165, 1.54) is 32.1 Å². The van der Waals surface area contributed by atoms with Crippen molar-refractivity contribution in [3.8, 4) is 0 Å². The van der Waals surface area contributed by atoms with Crippen molar-refractivity contribution in [2.24, 2.45) is 5.92 Å². The van der Waals surface area contributed by atoms with Crippen molar-refractivity contribution < 1.29 is 9.53 Å². The topological polar surface area (TPSA) is 38.3 Å². The van der Waals surface area contributed by atoms with Gasteiger partial charge in [-0.05, 0) is 20.3 Å². The van der Waals surface area contributed by atoms with Crippen LogP contribution in [0.3, 0.4) is 0 Å². The first-order valence-electron chi connectivity index (χ1n) is 7.01. The van der Waals surface area contributed by atoms with Gasteiger partial charge in [0.2, 0.25) is 0 Å². The second-order valence-electron chi connectivity index (χ2n) is 4.81. The van der Waals surface area contributed by atoms with E-state index in [0.29, 0.717) is 19.2 Å². The molecule has 0 aliphatic carbocycles. The predicted octanol–water partition coefficient (Wildman–Crippen LogP) is 3.13. The van der Waals surface area contributed by atoms with E-state index in [1.807, 2.05) is 13.8 Å². The van der Waals surface area contributed by atoms with Crippen LogP contribution in [0.1, 0.15) is 59.8 Å². The molecule has 0 saturated carbocycles. The summed E-state index contributed by atoms with van der Waals surface area (Å²) in [5.41, 5.74) is 0. The zero-order chi connectivity index (χ0) is 13.1. The van der Waals surface area contributed by atoms with Crippen LogP contribution in [-0.2, 0) is 9.53 Å². The number of hydrogen-bond donors (Lipinski definition) is 1. The summed E-state index contributed by atoms with van der Waals surface area (Å²) in [6.45, 7) is 9.35. The lowest BCUT2D eigenvalue weighted by molar-refractivity contribution is -0.147. The summed E-state index contributed by atoms with van der Waals surface area (Å²) in [5, 5.41) is 3.40. The van der Waals surface area contributed by atoms with Crippen LogP contribution in [0.2, 0.25) is 0 Å². The fourth-order valence-corrected chi connectivity index (χ4v) is 1.73. The molecule has 0 amide bonds. The van der Waals surface area contributed by atoms with Crippen LogP contribution >= 0.6 is 0 Å². The Kier molecular flexibility index (Phi) is 10.2. The molecule has 0 fully saturated rings. The standard InChI is InChI=1S/C14H29NO2/c1-5-7-8-9-10-13(4)15-11-12(3)14(16)17-6-2/h12-13,15H,5-11H2,1-4H3. The van der Waals surface area contributed by atoms with Crippen molar-refractivity contribution in [1.29, 1.82) is 0 Å². The molecule has 0 rings (SSSR count). The highest BCUT2D eigenvalue weighted by atomic mass is 16.5. The summed E-state index contributed by atoms with van der Waals surface area (Å²) in [5.74, 6) is -0.147. The predicted molar refractivity (Wildman–Crippen MR) is 72.0 cm³/mol. The zero-order valence-corrected chi connectivity index (χ0v) is 11.9. The van der Waals surface area contributed by atoms with Crippen LogP contribution < -0.4 is 5.32 Å². The van der Waals surface area contributed by atoms with Gasteiger partial charge in [-0.1, -0.05) is 39.5 Å². The van der Waals surface area contributed by atoms with Crippen molar-refractivity contribution in [2.45, 2.75) is 65.8 Å². The number of unbranched alkanes of at least 4 members (excludes halogenated alkanes) is 3. The molecule has 2 unspecified atom stereocenters. The first-order chi connectivity index (χ1) is 8.11. The Balaban J connectivity index is 3.54. The van der Waals surface area contributed by atoms with Crippen molar-refractivity contribution >= 4 is 5.97 Å². The minimum absolute atomic E-state index is 0.0481. The SMILES string of the molecule is CCCCCCC(C)NCC(C)C(=O)OCC. The molecule has 0 aromatic heterocycles. The maximum Gasteiger partial charge on any atom is 0.309 e. The molecule has 1 N–H and O–H groups in total. The van der Waals surface area contributed by atoms with Crippen molar-refractivity contribution in [3.63, 3.8) is 0 Å². The third-order valence-electron chi connectivity index (χ3n) is 2.95. The fourth-order valence-electron chi connectivity index (χ4n) is 1.73. The maximum absolute atomic E-state index is 11.4. The second kappa shape index (κ2) is 10.6. The summed E-state index contributed by atoms with van der Waals surface area (Å²) in [4.78, 5) is 11.4. The molecule has 3 nitrogen and oxygen atoms in total. The van der Waals surface area contributed by atoms with Gasteiger partial charge in [0.05, 0.1) is 12.5 Å². The molecular weight excluding hydrogens is 214 g/mol. The Labute approximate surface area is 106 Å². The van der Waals surface area contributed by atoms with Gasteiger partial charge in [-0.3, -0.25) is 4.79 Å². The lowest BCUT2D eigenvalue weighted by Crippen LogP contribution is -2.33. The van der Waals surface area contributed by atoms with Gasteiger partial charge >= 0.3 is 5.97 Å². The van der Waals surface area contributed by atoms with Crippen LogP contribution in [0, 0.1) is 5.92 Å². The van der Waals surface area contributed by atoms with Crippen molar-refractivity contribution in [1.82, 2.24) is 5.32 Å². The van der Waals surface area contributed by atoms with E-state index in [2.05, 4.69) is 19.2 Å². The lowest BCUT2D eigenvalue weighted by atomic mass is 10.1. The van der Waals surface area contributed by atoms with Crippen LogP contribution in [0.25, 0.3) is 0 Å². The highest BCUT2D eigenvalue weighted by molar-refractivity contribution is 5.72. The minimum Gasteiger partial charge on any atom is -0.466 e. The van der Waals surface area contributed by atoms with E-state index in [1.54, 1.807) is 0 Å². The second-order valence-corrected chi connectivity index (χ2v) is 4.81. The molecule has 17 heavy (non-hydrogen) atoms. The van der Waals surface area contributed by atoms with Gasteiger partial charge in [0.1, 0.15) is 0 Å². The quantitative estimate of drug-likeness (QED) is 0.473. The summed E-state index contributed by atoms with van der Waals surface area (Å²) in [6, 6.07) is 0.490. The molecule has 102 valence electrons. The van der Waals surface area contributed by atoms with Gasteiger partial charge in [-0.15, -0.1) is 0 Å². The Hall–Kier alpha value is -0.570. The molecule has 0 heterocycles.